The minimum Gasteiger partial charge on any atom is -0.477 e. The second-order valence-electron chi connectivity index (χ2n) is 5.03. The van der Waals surface area contributed by atoms with Gasteiger partial charge in [0.1, 0.15) is 11.1 Å². The van der Waals surface area contributed by atoms with Crippen molar-refractivity contribution in [2.75, 3.05) is 6.54 Å². The molecule has 1 rings (SSSR count). The molecule has 0 unspecified atom stereocenters. The highest BCUT2D eigenvalue weighted by atomic mass is 16.4. The fourth-order valence-corrected chi connectivity index (χ4v) is 1.66. The molecule has 1 heterocycles. The predicted octanol–water partition coefficient (Wildman–Crippen LogP) is 0.628. The third kappa shape index (κ3) is 4.16. The Morgan fingerprint density at radius 1 is 1.29 bits per heavy atom. The van der Waals surface area contributed by atoms with E-state index in [0.29, 0.717) is 6.42 Å². The van der Waals surface area contributed by atoms with Gasteiger partial charge in [0.05, 0.1) is 6.10 Å². The number of amides is 1. The Bertz CT molecular complexity index is 592. The summed E-state index contributed by atoms with van der Waals surface area (Å²) in [5.74, 6) is -2.07. The van der Waals surface area contributed by atoms with Gasteiger partial charge in [-0.25, -0.2) is 4.79 Å². The maximum atomic E-state index is 12.0. The molecule has 116 valence electrons. The zero-order valence-corrected chi connectivity index (χ0v) is 12.3. The van der Waals surface area contributed by atoms with Crippen LogP contribution < -0.4 is 10.7 Å². The lowest BCUT2D eigenvalue weighted by molar-refractivity contribution is 0.0694. The molecule has 0 saturated carbocycles. The van der Waals surface area contributed by atoms with E-state index in [2.05, 4.69) is 5.32 Å². The molecule has 0 saturated heterocycles. The van der Waals surface area contributed by atoms with Crippen LogP contribution in [0.2, 0.25) is 0 Å². The van der Waals surface area contributed by atoms with E-state index in [4.69, 9.17) is 5.11 Å². The zero-order valence-electron chi connectivity index (χ0n) is 12.3. The summed E-state index contributed by atoms with van der Waals surface area (Å²) in [6.45, 7) is 5.37. The lowest BCUT2D eigenvalue weighted by atomic mass is 10.1. The highest BCUT2D eigenvalue weighted by Gasteiger charge is 2.19. The van der Waals surface area contributed by atoms with Crippen LogP contribution in [0.3, 0.4) is 0 Å². The van der Waals surface area contributed by atoms with E-state index >= 15 is 0 Å². The van der Waals surface area contributed by atoms with Gasteiger partial charge in [-0.05, 0) is 20.3 Å². The Labute approximate surface area is 122 Å². The summed E-state index contributed by atoms with van der Waals surface area (Å²) < 4.78 is 1.50. The molecular weight excluding hydrogens is 276 g/mol. The number of aromatic nitrogens is 1. The topological polar surface area (TPSA) is 109 Å². The van der Waals surface area contributed by atoms with E-state index in [1.807, 2.05) is 0 Å². The summed E-state index contributed by atoms with van der Waals surface area (Å²) in [4.78, 5) is 35.1. The van der Waals surface area contributed by atoms with Crippen LogP contribution in [-0.4, -0.2) is 39.3 Å². The predicted molar refractivity (Wildman–Crippen MR) is 76.7 cm³/mol. The van der Waals surface area contributed by atoms with Crippen LogP contribution >= 0.6 is 0 Å². The van der Waals surface area contributed by atoms with Gasteiger partial charge >= 0.3 is 5.97 Å². The fourth-order valence-electron chi connectivity index (χ4n) is 1.66. The molecule has 3 N–H and O–H groups in total. The van der Waals surface area contributed by atoms with Crippen LogP contribution in [-0.2, 0) is 0 Å². The number of nitrogens with one attached hydrogen (secondary N) is 1. The Balaban J connectivity index is 3.19. The number of pyridine rings is 1. The summed E-state index contributed by atoms with van der Waals surface area (Å²) in [7, 11) is 0. The number of carboxylic acid groups (broad SMARTS) is 1. The van der Waals surface area contributed by atoms with Crippen molar-refractivity contribution >= 4 is 11.9 Å². The summed E-state index contributed by atoms with van der Waals surface area (Å²) in [5.41, 5.74) is -1.53. The number of carbonyl (C=O) groups is 2. The van der Waals surface area contributed by atoms with Crippen LogP contribution in [0.4, 0.5) is 0 Å². The average molecular weight is 296 g/mol. The summed E-state index contributed by atoms with van der Waals surface area (Å²) >= 11 is 0. The van der Waals surface area contributed by atoms with E-state index in [1.165, 1.54) is 17.0 Å². The van der Waals surface area contributed by atoms with Gasteiger partial charge in [0.25, 0.3) is 5.91 Å². The van der Waals surface area contributed by atoms with Crippen molar-refractivity contribution in [1.82, 2.24) is 9.88 Å². The number of nitrogens with zero attached hydrogens (tertiary/aromatic N) is 1. The van der Waals surface area contributed by atoms with Gasteiger partial charge in [0.2, 0.25) is 5.43 Å². The van der Waals surface area contributed by atoms with Crippen LogP contribution in [0.15, 0.2) is 17.2 Å². The lowest BCUT2D eigenvalue weighted by Crippen LogP contribution is -2.36. The Morgan fingerprint density at radius 2 is 1.86 bits per heavy atom. The molecule has 0 aliphatic heterocycles. The van der Waals surface area contributed by atoms with Crippen molar-refractivity contribution in [3.05, 3.63) is 33.7 Å². The fraction of sp³-hybridized carbons (Fsp3) is 0.500. The van der Waals surface area contributed by atoms with Gasteiger partial charge in [-0.2, -0.15) is 0 Å². The maximum absolute atomic E-state index is 12.0. The van der Waals surface area contributed by atoms with Crippen molar-refractivity contribution in [2.24, 2.45) is 0 Å². The molecule has 0 bridgehead atoms. The first-order valence-corrected chi connectivity index (χ1v) is 6.73. The molecule has 21 heavy (non-hydrogen) atoms. The number of aliphatic hydroxyl groups is 1. The molecule has 0 radical (unpaired) electrons. The second-order valence-corrected chi connectivity index (χ2v) is 5.03. The van der Waals surface area contributed by atoms with Crippen molar-refractivity contribution in [2.45, 2.75) is 39.3 Å². The van der Waals surface area contributed by atoms with Crippen LogP contribution in [0, 0.1) is 0 Å². The number of aliphatic hydroxyl groups excluding tert-OH is 1. The Morgan fingerprint density at radius 3 is 2.33 bits per heavy atom. The number of rotatable bonds is 6. The molecule has 7 heteroatoms. The number of hydrogen-bond donors (Lipinski definition) is 3. The quantitative estimate of drug-likeness (QED) is 0.713. The van der Waals surface area contributed by atoms with Gasteiger partial charge in [0, 0.05) is 25.0 Å². The third-order valence-electron chi connectivity index (χ3n) is 3.09. The van der Waals surface area contributed by atoms with E-state index in [9.17, 15) is 19.5 Å². The molecule has 1 aromatic heterocycles. The van der Waals surface area contributed by atoms with Crippen molar-refractivity contribution < 1.29 is 19.8 Å². The molecule has 7 nitrogen and oxygen atoms in total. The SMILES string of the molecule is CC[C@@H](O)CNC(=O)c1cn(C(C)C)cc(C(=O)O)c1=O. The highest BCUT2D eigenvalue weighted by Crippen LogP contribution is 2.07. The molecule has 0 spiro atoms. The molecular formula is C14H20N2O5. The summed E-state index contributed by atoms with van der Waals surface area (Å²) in [6, 6.07) is -0.100. The van der Waals surface area contributed by atoms with Gasteiger partial charge in [0.15, 0.2) is 0 Å². The van der Waals surface area contributed by atoms with Gasteiger partial charge in [-0.15, -0.1) is 0 Å². The molecule has 1 aromatic rings. The van der Waals surface area contributed by atoms with Crippen molar-refractivity contribution in [3.8, 4) is 0 Å². The maximum Gasteiger partial charge on any atom is 0.341 e. The Hall–Kier alpha value is -2.15. The summed E-state index contributed by atoms with van der Waals surface area (Å²) in [6.07, 6.45) is 2.30. The molecule has 1 atom stereocenters. The monoisotopic (exact) mass is 296 g/mol. The van der Waals surface area contributed by atoms with Gasteiger partial charge in [-0.1, -0.05) is 6.92 Å². The number of hydrogen-bond acceptors (Lipinski definition) is 4. The normalized spacial score (nSPS) is 12.2. The largest absolute Gasteiger partial charge is 0.477 e. The van der Waals surface area contributed by atoms with Gasteiger partial charge in [-0.3, -0.25) is 9.59 Å². The molecule has 0 fully saturated rings. The minimum absolute atomic E-state index is 0.00769. The first-order valence-electron chi connectivity index (χ1n) is 6.73. The highest BCUT2D eigenvalue weighted by molar-refractivity contribution is 5.96. The molecule has 0 aliphatic carbocycles. The van der Waals surface area contributed by atoms with Crippen LogP contribution in [0.5, 0.6) is 0 Å². The Kier molecular flexibility index (Phi) is 5.66. The number of carbonyl (C=O) groups excluding carboxylic acids is 1. The van der Waals surface area contributed by atoms with Crippen LogP contribution in [0.25, 0.3) is 0 Å². The summed E-state index contributed by atoms with van der Waals surface area (Å²) in [5, 5.41) is 20.9. The molecule has 0 aliphatic rings. The third-order valence-corrected chi connectivity index (χ3v) is 3.09. The first-order chi connectivity index (χ1) is 9.77. The molecule has 1 amide bonds. The van der Waals surface area contributed by atoms with Crippen LogP contribution in [0.1, 0.15) is 53.9 Å². The smallest absolute Gasteiger partial charge is 0.341 e. The first kappa shape index (κ1) is 16.9. The van der Waals surface area contributed by atoms with E-state index < -0.39 is 29.0 Å². The van der Waals surface area contributed by atoms with Crippen molar-refractivity contribution in [3.63, 3.8) is 0 Å². The second kappa shape index (κ2) is 7.03. The van der Waals surface area contributed by atoms with E-state index in [0.717, 1.165) is 0 Å². The molecule has 0 aromatic carbocycles. The minimum atomic E-state index is -1.38. The zero-order chi connectivity index (χ0) is 16.2. The lowest BCUT2D eigenvalue weighted by Gasteiger charge is -2.14. The average Bonchev–Trinajstić information content (AvgIpc) is 2.43. The van der Waals surface area contributed by atoms with Crippen molar-refractivity contribution in [1.29, 1.82) is 0 Å². The number of carboxylic acids is 1. The number of aromatic carboxylic acids is 1. The van der Waals surface area contributed by atoms with E-state index in [-0.39, 0.29) is 18.2 Å². The van der Waals surface area contributed by atoms with Gasteiger partial charge < -0.3 is 20.1 Å². The van der Waals surface area contributed by atoms with E-state index in [1.54, 1.807) is 20.8 Å². The standard InChI is InChI=1S/C14H20N2O5/c1-4-9(17)5-15-13(19)10-6-16(8(2)3)7-11(12(10)18)14(20)21/h6-9,17H,4-5H2,1-3H3,(H,15,19)(H,20,21)/t9-/m1/s1.